The molecule has 2 aliphatic rings. The smallest absolute Gasteiger partial charge is 0.394 e. The third-order valence-electron chi connectivity index (χ3n) is 3.90. The Morgan fingerprint density at radius 1 is 1.32 bits per heavy atom. The Morgan fingerprint density at radius 2 is 2.11 bits per heavy atom. The standard InChI is InChI=1S/C14H13NO4/c16-10-6-8-3-1-2-7-4-5-9(12(10)11(7)8)15-13(17)14(18)19/h4-5,8H,1-3,6H2,(H,15,17)(H,18,19)/t8-/m0/s1. The first-order valence-corrected chi connectivity index (χ1v) is 6.31. The minimum absolute atomic E-state index is 0.00411. The zero-order valence-electron chi connectivity index (χ0n) is 10.2. The van der Waals surface area contributed by atoms with Gasteiger partial charge in [-0.05, 0) is 42.4 Å². The molecule has 0 fully saturated rings. The number of amides is 1. The molecule has 2 aliphatic carbocycles. The average Bonchev–Trinajstić information content (AvgIpc) is 2.71. The highest BCUT2D eigenvalue weighted by Crippen LogP contribution is 2.45. The average molecular weight is 259 g/mol. The molecule has 2 N–H and O–H groups in total. The second-order valence-electron chi connectivity index (χ2n) is 5.04. The van der Waals surface area contributed by atoms with E-state index in [0.717, 1.165) is 30.4 Å². The van der Waals surface area contributed by atoms with Crippen LogP contribution in [0.2, 0.25) is 0 Å². The Bertz CT molecular complexity index is 606. The Kier molecular flexibility index (Phi) is 2.62. The molecule has 0 spiro atoms. The number of nitrogens with one attached hydrogen (secondary N) is 1. The summed E-state index contributed by atoms with van der Waals surface area (Å²) in [5, 5.41) is 10.9. The van der Waals surface area contributed by atoms with Crippen LogP contribution in [0.3, 0.4) is 0 Å². The molecule has 3 rings (SSSR count). The van der Waals surface area contributed by atoms with Crippen molar-refractivity contribution >= 4 is 23.3 Å². The van der Waals surface area contributed by atoms with Crippen molar-refractivity contribution in [1.29, 1.82) is 0 Å². The topological polar surface area (TPSA) is 83.5 Å². The van der Waals surface area contributed by atoms with Gasteiger partial charge in [0.2, 0.25) is 0 Å². The van der Waals surface area contributed by atoms with Gasteiger partial charge in [0, 0.05) is 12.0 Å². The zero-order valence-corrected chi connectivity index (χ0v) is 10.2. The number of Topliss-reactive ketones (excluding diaryl/α,β-unsaturated/α-hetero) is 1. The fourth-order valence-corrected chi connectivity index (χ4v) is 3.14. The maximum absolute atomic E-state index is 12.1. The lowest BCUT2D eigenvalue weighted by Gasteiger charge is -2.21. The molecule has 98 valence electrons. The number of carbonyl (C=O) groups is 3. The molecule has 1 aromatic rings. The van der Waals surface area contributed by atoms with Gasteiger partial charge in [-0.25, -0.2) is 4.79 Å². The van der Waals surface area contributed by atoms with Crippen molar-refractivity contribution in [2.24, 2.45) is 0 Å². The first-order valence-electron chi connectivity index (χ1n) is 6.31. The van der Waals surface area contributed by atoms with Gasteiger partial charge in [-0.15, -0.1) is 0 Å². The van der Waals surface area contributed by atoms with E-state index < -0.39 is 11.9 Å². The van der Waals surface area contributed by atoms with Gasteiger partial charge in [0.25, 0.3) is 0 Å². The van der Waals surface area contributed by atoms with E-state index in [4.69, 9.17) is 5.11 Å². The minimum atomic E-state index is -1.55. The summed E-state index contributed by atoms with van der Waals surface area (Å²) in [7, 11) is 0. The molecule has 0 aromatic heterocycles. The summed E-state index contributed by atoms with van der Waals surface area (Å²) >= 11 is 0. The molecule has 5 nitrogen and oxygen atoms in total. The van der Waals surface area contributed by atoms with Crippen molar-refractivity contribution in [3.05, 3.63) is 28.8 Å². The van der Waals surface area contributed by atoms with E-state index in [2.05, 4.69) is 5.32 Å². The highest BCUT2D eigenvalue weighted by atomic mass is 16.4. The lowest BCUT2D eigenvalue weighted by Crippen LogP contribution is -2.23. The van der Waals surface area contributed by atoms with Crippen LogP contribution in [-0.2, 0) is 16.0 Å². The van der Waals surface area contributed by atoms with Crippen LogP contribution >= 0.6 is 0 Å². The number of carboxylic acid groups (broad SMARTS) is 1. The first-order chi connectivity index (χ1) is 9.08. The second kappa shape index (κ2) is 4.19. The lowest BCUT2D eigenvalue weighted by atomic mass is 9.84. The molecular formula is C14H13NO4. The summed E-state index contributed by atoms with van der Waals surface area (Å²) in [5.74, 6) is -2.41. The molecule has 19 heavy (non-hydrogen) atoms. The van der Waals surface area contributed by atoms with Crippen LogP contribution < -0.4 is 5.32 Å². The number of anilines is 1. The van der Waals surface area contributed by atoms with E-state index in [0.29, 0.717) is 17.7 Å². The largest absolute Gasteiger partial charge is 0.474 e. The Labute approximate surface area is 109 Å². The monoisotopic (exact) mass is 259 g/mol. The second-order valence-corrected chi connectivity index (χ2v) is 5.04. The fourth-order valence-electron chi connectivity index (χ4n) is 3.14. The quantitative estimate of drug-likeness (QED) is 0.752. The van der Waals surface area contributed by atoms with Crippen LogP contribution in [0.4, 0.5) is 5.69 Å². The maximum atomic E-state index is 12.1. The summed E-state index contributed by atoms with van der Waals surface area (Å²) in [4.78, 5) is 33.9. The number of hydrogen-bond acceptors (Lipinski definition) is 3. The van der Waals surface area contributed by atoms with Crippen molar-refractivity contribution in [3.63, 3.8) is 0 Å². The molecule has 0 aliphatic heterocycles. The van der Waals surface area contributed by atoms with Crippen LogP contribution in [0.25, 0.3) is 0 Å². The number of aliphatic carboxylic acids is 1. The predicted molar refractivity (Wildman–Crippen MR) is 67.3 cm³/mol. The fraction of sp³-hybridized carbons (Fsp3) is 0.357. The molecule has 0 heterocycles. The molecular weight excluding hydrogens is 246 g/mol. The summed E-state index contributed by atoms with van der Waals surface area (Å²) in [6, 6.07) is 3.53. The van der Waals surface area contributed by atoms with Crippen LogP contribution in [0.5, 0.6) is 0 Å². The Morgan fingerprint density at radius 3 is 2.84 bits per heavy atom. The number of carboxylic acids is 1. The number of ketones is 1. The first kappa shape index (κ1) is 11.9. The molecule has 5 heteroatoms. The van der Waals surface area contributed by atoms with Crippen molar-refractivity contribution in [2.75, 3.05) is 5.32 Å². The highest BCUT2D eigenvalue weighted by Gasteiger charge is 2.36. The van der Waals surface area contributed by atoms with E-state index in [-0.39, 0.29) is 11.7 Å². The third kappa shape index (κ3) is 1.82. The number of carbonyl (C=O) groups excluding carboxylic acids is 2. The van der Waals surface area contributed by atoms with Gasteiger partial charge in [-0.2, -0.15) is 0 Å². The summed E-state index contributed by atoms with van der Waals surface area (Å²) in [5.41, 5.74) is 3.04. The molecule has 0 saturated carbocycles. The highest BCUT2D eigenvalue weighted by molar-refractivity contribution is 6.37. The van der Waals surface area contributed by atoms with E-state index in [1.54, 1.807) is 6.07 Å². The van der Waals surface area contributed by atoms with Gasteiger partial charge in [0.1, 0.15) is 0 Å². The van der Waals surface area contributed by atoms with Crippen molar-refractivity contribution < 1.29 is 19.5 Å². The lowest BCUT2D eigenvalue weighted by molar-refractivity contribution is -0.147. The van der Waals surface area contributed by atoms with Crippen molar-refractivity contribution in [3.8, 4) is 0 Å². The third-order valence-corrected chi connectivity index (χ3v) is 3.90. The number of rotatable bonds is 1. The van der Waals surface area contributed by atoms with E-state index in [9.17, 15) is 14.4 Å². The maximum Gasteiger partial charge on any atom is 0.394 e. The molecule has 0 saturated heterocycles. The molecule has 0 unspecified atom stereocenters. The Balaban J connectivity index is 2.07. The number of hydrogen-bond donors (Lipinski definition) is 2. The van der Waals surface area contributed by atoms with Gasteiger partial charge >= 0.3 is 11.9 Å². The van der Waals surface area contributed by atoms with Gasteiger partial charge in [-0.3, -0.25) is 9.59 Å². The van der Waals surface area contributed by atoms with Crippen molar-refractivity contribution in [1.82, 2.24) is 0 Å². The van der Waals surface area contributed by atoms with E-state index in [1.807, 2.05) is 6.07 Å². The molecule has 0 radical (unpaired) electrons. The van der Waals surface area contributed by atoms with Crippen LogP contribution in [0.15, 0.2) is 12.1 Å². The summed E-state index contributed by atoms with van der Waals surface area (Å²) < 4.78 is 0. The van der Waals surface area contributed by atoms with E-state index >= 15 is 0 Å². The van der Waals surface area contributed by atoms with Crippen LogP contribution in [0.1, 0.15) is 46.7 Å². The van der Waals surface area contributed by atoms with Gasteiger partial charge in [0.05, 0.1) is 5.69 Å². The molecule has 1 amide bonds. The van der Waals surface area contributed by atoms with Crippen LogP contribution in [-0.4, -0.2) is 22.8 Å². The van der Waals surface area contributed by atoms with Crippen molar-refractivity contribution in [2.45, 2.75) is 31.6 Å². The SMILES string of the molecule is O=C(O)C(=O)Nc1ccc2c3c1C(=O)C[C@@H]3CCC2. The Hall–Kier alpha value is -2.17. The predicted octanol–water partition coefficient (Wildman–Crippen LogP) is 1.72. The molecule has 1 atom stereocenters. The van der Waals surface area contributed by atoms with E-state index in [1.165, 1.54) is 0 Å². The summed E-state index contributed by atoms with van der Waals surface area (Å²) in [6.45, 7) is 0. The van der Waals surface area contributed by atoms with Gasteiger partial charge < -0.3 is 10.4 Å². The molecule has 0 bridgehead atoms. The summed E-state index contributed by atoms with van der Waals surface area (Å²) in [6.07, 6.45) is 3.48. The zero-order chi connectivity index (χ0) is 13.6. The number of benzene rings is 1. The normalized spacial score (nSPS) is 20.0. The van der Waals surface area contributed by atoms with Gasteiger partial charge in [-0.1, -0.05) is 6.07 Å². The van der Waals surface area contributed by atoms with Gasteiger partial charge in [0.15, 0.2) is 5.78 Å². The van der Waals surface area contributed by atoms with Crippen LogP contribution in [0, 0.1) is 0 Å². The number of aryl methyl sites for hydroxylation is 1. The minimum Gasteiger partial charge on any atom is -0.474 e. The molecule has 1 aromatic carbocycles.